The van der Waals surface area contributed by atoms with Crippen LogP contribution in [0.2, 0.25) is 0 Å². The third-order valence-electron chi connectivity index (χ3n) is 3.48. The lowest BCUT2D eigenvalue weighted by Gasteiger charge is -2.30. The lowest BCUT2D eigenvalue weighted by molar-refractivity contribution is -0.384. The maximum Gasteiger partial charge on any atom is 0.269 e. The van der Waals surface area contributed by atoms with Gasteiger partial charge in [-0.15, -0.1) is 0 Å². The first-order valence-corrected chi connectivity index (χ1v) is 6.32. The molecular weight excluding hydrogens is 232 g/mol. The Hall–Kier alpha value is -1.62. The van der Waals surface area contributed by atoms with Crippen molar-refractivity contribution in [3.8, 4) is 5.75 Å². The molecule has 2 atom stereocenters. The fourth-order valence-corrected chi connectivity index (χ4v) is 2.42. The van der Waals surface area contributed by atoms with Crippen LogP contribution in [0.1, 0.15) is 25.7 Å². The standard InChI is InChI=1S/C13H18N2O3/c14-9-10-3-1-2-4-13(10)18-12-7-5-11(6-8-12)15(16)17/h5-8,10,13H,1-4,9,14H2. The second kappa shape index (κ2) is 5.82. The Balaban J connectivity index is 2.01. The highest BCUT2D eigenvalue weighted by atomic mass is 16.6. The van der Waals surface area contributed by atoms with Crippen LogP contribution in [0.3, 0.4) is 0 Å². The molecule has 2 unspecified atom stereocenters. The smallest absolute Gasteiger partial charge is 0.269 e. The molecule has 0 amide bonds. The molecule has 1 saturated carbocycles. The molecule has 1 aliphatic rings. The van der Waals surface area contributed by atoms with Gasteiger partial charge in [0.05, 0.1) is 4.92 Å². The molecule has 0 heterocycles. The molecule has 0 radical (unpaired) electrons. The van der Waals surface area contributed by atoms with Gasteiger partial charge in [0.2, 0.25) is 0 Å². The van der Waals surface area contributed by atoms with Gasteiger partial charge in [0.1, 0.15) is 11.9 Å². The monoisotopic (exact) mass is 250 g/mol. The minimum absolute atomic E-state index is 0.0846. The normalized spacial score (nSPS) is 23.6. The number of nitro groups is 1. The highest BCUT2D eigenvalue weighted by Crippen LogP contribution is 2.28. The minimum atomic E-state index is -0.410. The molecule has 0 aromatic heterocycles. The average Bonchev–Trinajstić information content (AvgIpc) is 2.40. The molecule has 2 N–H and O–H groups in total. The zero-order chi connectivity index (χ0) is 13.0. The molecular formula is C13H18N2O3. The Morgan fingerprint density at radius 1 is 1.28 bits per heavy atom. The Morgan fingerprint density at radius 3 is 2.56 bits per heavy atom. The quantitative estimate of drug-likeness (QED) is 0.657. The molecule has 5 nitrogen and oxygen atoms in total. The number of ether oxygens (including phenoxy) is 1. The predicted octanol–water partition coefficient (Wildman–Crippen LogP) is 2.49. The average molecular weight is 250 g/mol. The molecule has 1 aromatic carbocycles. The lowest BCUT2D eigenvalue weighted by atomic mass is 9.86. The molecule has 0 bridgehead atoms. The summed E-state index contributed by atoms with van der Waals surface area (Å²) >= 11 is 0. The van der Waals surface area contributed by atoms with E-state index in [-0.39, 0.29) is 11.8 Å². The Bertz CT molecular complexity index is 405. The number of rotatable bonds is 4. The van der Waals surface area contributed by atoms with Gasteiger partial charge in [0.25, 0.3) is 5.69 Å². The SMILES string of the molecule is NCC1CCCCC1Oc1ccc([N+](=O)[O-])cc1. The van der Waals surface area contributed by atoms with Gasteiger partial charge in [0.15, 0.2) is 0 Å². The Morgan fingerprint density at radius 2 is 1.94 bits per heavy atom. The van der Waals surface area contributed by atoms with Crippen LogP contribution in [0.5, 0.6) is 5.75 Å². The first-order chi connectivity index (χ1) is 8.70. The summed E-state index contributed by atoms with van der Waals surface area (Å²) in [6, 6.07) is 6.24. The highest BCUT2D eigenvalue weighted by Gasteiger charge is 2.25. The van der Waals surface area contributed by atoms with Crippen molar-refractivity contribution in [3.63, 3.8) is 0 Å². The van der Waals surface area contributed by atoms with E-state index in [4.69, 9.17) is 10.5 Å². The van der Waals surface area contributed by atoms with Gasteiger partial charge < -0.3 is 10.5 Å². The van der Waals surface area contributed by atoms with E-state index in [1.807, 2.05) is 0 Å². The first-order valence-electron chi connectivity index (χ1n) is 6.32. The van der Waals surface area contributed by atoms with Gasteiger partial charge in [-0.1, -0.05) is 6.42 Å². The van der Waals surface area contributed by atoms with Gasteiger partial charge in [-0.05, 0) is 37.9 Å². The fraction of sp³-hybridized carbons (Fsp3) is 0.538. The summed E-state index contributed by atoms with van der Waals surface area (Å²) in [6.07, 6.45) is 4.63. The summed E-state index contributed by atoms with van der Waals surface area (Å²) in [6.45, 7) is 0.637. The van der Waals surface area contributed by atoms with Crippen molar-refractivity contribution in [2.45, 2.75) is 31.8 Å². The number of nitro benzene ring substituents is 1. The molecule has 5 heteroatoms. The molecule has 18 heavy (non-hydrogen) atoms. The second-order valence-electron chi connectivity index (χ2n) is 4.69. The van der Waals surface area contributed by atoms with Crippen molar-refractivity contribution in [1.82, 2.24) is 0 Å². The van der Waals surface area contributed by atoms with Crippen LogP contribution in [0.25, 0.3) is 0 Å². The van der Waals surface area contributed by atoms with Gasteiger partial charge >= 0.3 is 0 Å². The van der Waals surface area contributed by atoms with Crippen molar-refractivity contribution >= 4 is 5.69 Å². The van der Waals surface area contributed by atoms with Crippen LogP contribution >= 0.6 is 0 Å². The summed E-state index contributed by atoms with van der Waals surface area (Å²) in [7, 11) is 0. The Labute approximate surface area is 106 Å². The third kappa shape index (κ3) is 2.98. The predicted molar refractivity (Wildman–Crippen MR) is 68.5 cm³/mol. The van der Waals surface area contributed by atoms with Crippen molar-refractivity contribution in [2.24, 2.45) is 11.7 Å². The van der Waals surface area contributed by atoms with Crippen LogP contribution < -0.4 is 10.5 Å². The maximum absolute atomic E-state index is 10.5. The summed E-state index contributed by atoms with van der Waals surface area (Å²) in [5.41, 5.74) is 5.83. The molecule has 1 fully saturated rings. The molecule has 1 aliphatic carbocycles. The van der Waals surface area contributed by atoms with E-state index in [1.54, 1.807) is 12.1 Å². The van der Waals surface area contributed by atoms with Crippen LogP contribution in [0.4, 0.5) is 5.69 Å². The fourth-order valence-electron chi connectivity index (χ4n) is 2.42. The molecule has 0 spiro atoms. The van der Waals surface area contributed by atoms with E-state index in [9.17, 15) is 10.1 Å². The molecule has 0 saturated heterocycles. The van der Waals surface area contributed by atoms with Crippen molar-refractivity contribution in [1.29, 1.82) is 0 Å². The van der Waals surface area contributed by atoms with Crippen LogP contribution in [0.15, 0.2) is 24.3 Å². The number of hydrogen-bond acceptors (Lipinski definition) is 4. The van der Waals surface area contributed by atoms with Crippen molar-refractivity contribution < 1.29 is 9.66 Å². The minimum Gasteiger partial charge on any atom is -0.490 e. The van der Waals surface area contributed by atoms with E-state index >= 15 is 0 Å². The summed E-state index contributed by atoms with van der Waals surface area (Å²) < 4.78 is 5.89. The van der Waals surface area contributed by atoms with Crippen molar-refractivity contribution in [2.75, 3.05) is 6.54 Å². The molecule has 1 aromatic rings. The third-order valence-corrected chi connectivity index (χ3v) is 3.48. The topological polar surface area (TPSA) is 78.4 Å². The van der Waals surface area contributed by atoms with Gasteiger partial charge in [-0.2, -0.15) is 0 Å². The Kier molecular flexibility index (Phi) is 4.15. The highest BCUT2D eigenvalue weighted by molar-refractivity contribution is 5.36. The van der Waals surface area contributed by atoms with Gasteiger partial charge in [-0.25, -0.2) is 0 Å². The van der Waals surface area contributed by atoms with Gasteiger partial charge in [0, 0.05) is 18.1 Å². The molecule has 2 rings (SSSR count). The number of nitrogens with two attached hydrogens (primary N) is 1. The van der Waals surface area contributed by atoms with E-state index < -0.39 is 4.92 Å². The van der Waals surface area contributed by atoms with E-state index in [2.05, 4.69) is 0 Å². The first kappa shape index (κ1) is 12.8. The number of non-ortho nitro benzene ring substituents is 1. The van der Waals surface area contributed by atoms with E-state index in [0.717, 1.165) is 19.3 Å². The largest absolute Gasteiger partial charge is 0.490 e. The zero-order valence-corrected chi connectivity index (χ0v) is 10.2. The number of nitrogens with zero attached hydrogens (tertiary/aromatic N) is 1. The zero-order valence-electron chi connectivity index (χ0n) is 10.2. The van der Waals surface area contributed by atoms with E-state index in [0.29, 0.717) is 18.2 Å². The van der Waals surface area contributed by atoms with Crippen LogP contribution in [-0.2, 0) is 0 Å². The second-order valence-corrected chi connectivity index (χ2v) is 4.69. The molecule has 0 aliphatic heterocycles. The number of benzene rings is 1. The van der Waals surface area contributed by atoms with Crippen LogP contribution in [0, 0.1) is 16.0 Å². The lowest BCUT2D eigenvalue weighted by Crippen LogP contribution is -2.35. The summed E-state index contributed by atoms with van der Waals surface area (Å²) in [5.74, 6) is 1.08. The number of hydrogen-bond donors (Lipinski definition) is 1. The van der Waals surface area contributed by atoms with Crippen molar-refractivity contribution in [3.05, 3.63) is 34.4 Å². The molecule has 98 valence electrons. The summed E-state index contributed by atoms with van der Waals surface area (Å²) in [5, 5.41) is 10.5. The summed E-state index contributed by atoms with van der Waals surface area (Å²) in [4.78, 5) is 10.1. The van der Waals surface area contributed by atoms with Crippen LogP contribution in [-0.4, -0.2) is 17.6 Å². The van der Waals surface area contributed by atoms with E-state index in [1.165, 1.54) is 18.6 Å². The van der Waals surface area contributed by atoms with Gasteiger partial charge in [-0.3, -0.25) is 10.1 Å². The maximum atomic E-state index is 10.5.